The second-order valence-corrected chi connectivity index (χ2v) is 5.16. The lowest BCUT2D eigenvalue weighted by molar-refractivity contribution is -0.189. The van der Waals surface area contributed by atoms with Crippen LogP contribution in [0, 0.1) is 5.92 Å². The number of hydrogen-bond acceptors (Lipinski definition) is 2. The van der Waals surface area contributed by atoms with Gasteiger partial charge in [0.2, 0.25) is 5.91 Å². The molecular weight excluding hydrogens is 245 g/mol. The molecule has 1 N–H and O–H groups in total. The number of alkyl halides is 3. The molecule has 106 valence electrons. The van der Waals surface area contributed by atoms with Gasteiger partial charge in [0.1, 0.15) is 0 Å². The maximum absolute atomic E-state index is 12.9. The quantitative estimate of drug-likeness (QED) is 0.849. The van der Waals surface area contributed by atoms with E-state index in [1.54, 1.807) is 21.0 Å². The first-order valence-corrected chi connectivity index (χ1v) is 6.27. The van der Waals surface area contributed by atoms with Crippen molar-refractivity contribution in [1.29, 1.82) is 0 Å². The van der Waals surface area contributed by atoms with Gasteiger partial charge in [-0.3, -0.25) is 4.79 Å². The second-order valence-electron chi connectivity index (χ2n) is 5.16. The lowest BCUT2D eigenvalue weighted by Crippen LogP contribution is -2.52. The molecule has 0 aromatic heterocycles. The first-order valence-electron chi connectivity index (χ1n) is 6.27. The molecule has 6 heteroatoms. The SMILES string of the molecule is CC(NC1CCCCC1C(F)(F)F)C(=O)N(C)C. The molecule has 3 unspecified atom stereocenters. The minimum Gasteiger partial charge on any atom is -0.347 e. The number of nitrogens with zero attached hydrogens (tertiary/aromatic N) is 1. The maximum atomic E-state index is 12.9. The van der Waals surface area contributed by atoms with Crippen molar-refractivity contribution < 1.29 is 18.0 Å². The summed E-state index contributed by atoms with van der Waals surface area (Å²) in [4.78, 5) is 13.0. The number of carbonyl (C=O) groups excluding carboxylic acids is 1. The second kappa shape index (κ2) is 5.91. The van der Waals surface area contributed by atoms with Crippen molar-refractivity contribution in [1.82, 2.24) is 10.2 Å². The Bertz CT molecular complexity index is 292. The smallest absolute Gasteiger partial charge is 0.347 e. The first kappa shape index (κ1) is 15.3. The van der Waals surface area contributed by atoms with Gasteiger partial charge in [0.25, 0.3) is 0 Å². The zero-order chi connectivity index (χ0) is 13.9. The number of halogens is 3. The Balaban J connectivity index is 2.65. The van der Waals surface area contributed by atoms with Crippen LogP contribution in [0.3, 0.4) is 0 Å². The van der Waals surface area contributed by atoms with E-state index in [0.717, 1.165) is 6.42 Å². The number of hydrogen-bond donors (Lipinski definition) is 1. The summed E-state index contributed by atoms with van der Waals surface area (Å²) < 4.78 is 38.6. The van der Waals surface area contributed by atoms with E-state index in [2.05, 4.69) is 5.32 Å². The summed E-state index contributed by atoms with van der Waals surface area (Å²) in [7, 11) is 3.20. The molecule has 1 rings (SSSR count). The van der Waals surface area contributed by atoms with Crippen molar-refractivity contribution in [3.05, 3.63) is 0 Å². The summed E-state index contributed by atoms with van der Waals surface area (Å²) in [5, 5.41) is 2.85. The number of rotatable bonds is 3. The van der Waals surface area contributed by atoms with Gasteiger partial charge in [-0.2, -0.15) is 13.2 Å². The topological polar surface area (TPSA) is 32.3 Å². The molecule has 0 aromatic carbocycles. The fourth-order valence-electron chi connectivity index (χ4n) is 2.50. The van der Waals surface area contributed by atoms with E-state index in [9.17, 15) is 18.0 Å². The van der Waals surface area contributed by atoms with Crippen molar-refractivity contribution in [2.75, 3.05) is 14.1 Å². The molecule has 1 saturated carbocycles. The fraction of sp³-hybridized carbons (Fsp3) is 0.917. The third kappa shape index (κ3) is 3.86. The third-order valence-corrected chi connectivity index (χ3v) is 3.46. The van der Waals surface area contributed by atoms with Crippen molar-refractivity contribution in [3.8, 4) is 0 Å². The zero-order valence-electron chi connectivity index (χ0n) is 11.0. The Morgan fingerprint density at radius 3 is 2.33 bits per heavy atom. The maximum Gasteiger partial charge on any atom is 0.393 e. The molecule has 18 heavy (non-hydrogen) atoms. The summed E-state index contributed by atoms with van der Waals surface area (Å²) in [6, 6.07) is -1.22. The summed E-state index contributed by atoms with van der Waals surface area (Å²) in [5.74, 6) is -1.52. The van der Waals surface area contributed by atoms with E-state index in [-0.39, 0.29) is 12.3 Å². The molecule has 0 saturated heterocycles. The van der Waals surface area contributed by atoms with Crippen LogP contribution in [0.4, 0.5) is 13.2 Å². The molecule has 0 bridgehead atoms. The molecule has 0 radical (unpaired) electrons. The first-order chi connectivity index (χ1) is 8.23. The molecule has 0 aromatic rings. The Morgan fingerprint density at radius 1 is 1.28 bits per heavy atom. The molecular formula is C12H21F3N2O. The van der Waals surface area contributed by atoms with E-state index in [1.807, 2.05) is 0 Å². The van der Waals surface area contributed by atoms with Crippen molar-refractivity contribution >= 4 is 5.91 Å². The van der Waals surface area contributed by atoms with Gasteiger partial charge in [-0.25, -0.2) is 0 Å². The van der Waals surface area contributed by atoms with Crippen LogP contribution in [0.25, 0.3) is 0 Å². The largest absolute Gasteiger partial charge is 0.393 e. The Kier molecular flexibility index (Phi) is 5.01. The van der Waals surface area contributed by atoms with Crippen LogP contribution in [0.5, 0.6) is 0 Å². The van der Waals surface area contributed by atoms with Crippen LogP contribution >= 0.6 is 0 Å². The highest BCUT2D eigenvalue weighted by Gasteiger charge is 2.45. The van der Waals surface area contributed by atoms with Crippen LogP contribution in [-0.4, -0.2) is 43.2 Å². The van der Waals surface area contributed by atoms with Crippen LogP contribution in [0.15, 0.2) is 0 Å². The van der Waals surface area contributed by atoms with Gasteiger partial charge in [-0.1, -0.05) is 12.8 Å². The molecule has 0 aliphatic heterocycles. The van der Waals surface area contributed by atoms with Crippen molar-refractivity contribution in [2.45, 2.75) is 50.9 Å². The van der Waals surface area contributed by atoms with Gasteiger partial charge >= 0.3 is 6.18 Å². The van der Waals surface area contributed by atoms with E-state index in [1.165, 1.54) is 4.90 Å². The summed E-state index contributed by atoms with van der Waals surface area (Å²) in [6.07, 6.45) is -2.15. The Labute approximate surface area is 106 Å². The third-order valence-electron chi connectivity index (χ3n) is 3.46. The molecule has 1 aliphatic carbocycles. The molecule has 3 nitrogen and oxygen atoms in total. The molecule has 1 fully saturated rings. The number of likely N-dealkylation sites (N-methyl/N-ethyl adjacent to an activating group) is 1. The van der Waals surface area contributed by atoms with E-state index >= 15 is 0 Å². The predicted octanol–water partition coefficient (Wildman–Crippen LogP) is 2.17. The van der Waals surface area contributed by atoms with Gasteiger partial charge in [-0.15, -0.1) is 0 Å². The standard InChI is InChI=1S/C12H21F3N2O/c1-8(11(18)17(2)3)16-10-7-5-4-6-9(10)12(13,14)15/h8-10,16H,4-7H2,1-3H3. The molecule has 0 heterocycles. The van der Waals surface area contributed by atoms with Crippen molar-refractivity contribution in [2.24, 2.45) is 5.92 Å². The molecule has 3 atom stereocenters. The van der Waals surface area contributed by atoms with Gasteiger partial charge in [-0.05, 0) is 19.8 Å². The van der Waals surface area contributed by atoms with E-state index in [0.29, 0.717) is 12.8 Å². The zero-order valence-corrected chi connectivity index (χ0v) is 11.0. The minimum absolute atomic E-state index is 0.157. The minimum atomic E-state index is -4.18. The Morgan fingerprint density at radius 2 is 1.83 bits per heavy atom. The van der Waals surface area contributed by atoms with E-state index in [4.69, 9.17) is 0 Å². The van der Waals surface area contributed by atoms with Gasteiger partial charge in [0.05, 0.1) is 12.0 Å². The molecule has 1 aliphatic rings. The van der Waals surface area contributed by atoms with Crippen LogP contribution < -0.4 is 5.32 Å². The lowest BCUT2D eigenvalue weighted by Gasteiger charge is -2.35. The summed E-state index contributed by atoms with van der Waals surface area (Å²) >= 11 is 0. The average Bonchev–Trinajstić information content (AvgIpc) is 2.27. The highest BCUT2D eigenvalue weighted by Crippen LogP contribution is 2.37. The van der Waals surface area contributed by atoms with Crippen LogP contribution in [0.1, 0.15) is 32.6 Å². The van der Waals surface area contributed by atoms with E-state index < -0.39 is 24.2 Å². The fourth-order valence-corrected chi connectivity index (χ4v) is 2.50. The summed E-state index contributed by atoms with van der Waals surface area (Å²) in [6.45, 7) is 1.62. The molecule has 1 amide bonds. The van der Waals surface area contributed by atoms with Gasteiger partial charge < -0.3 is 10.2 Å². The van der Waals surface area contributed by atoms with Gasteiger partial charge in [0, 0.05) is 20.1 Å². The van der Waals surface area contributed by atoms with Gasteiger partial charge in [0.15, 0.2) is 0 Å². The van der Waals surface area contributed by atoms with Crippen LogP contribution in [0.2, 0.25) is 0 Å². The van der Waals surface area contributed by atoms with Crippen LogP contribution in [-0.2, 0) is 4.79 Å². The van der Waals surface area contributed by atoms with Crippen molar-refractivity contribution in [3.63, 3.8) is 0 Å². The summed E-state index contributed by atoms with van der Waals surface area (Å²) in [5.41, 5.74) is 0. The Hall–Kier alpha value is -0.780. The normalized spacial score (nSPS) is 26.8. The highest BCUT2D eigenvalue weighted by atomic mass is 19.4. The average molecular weight is 266 g/mol. The highest BCUT2D eigenvalue weighted by molar-refractivity contribution is 5.80. The lowest BCUT2D eigenvalue weighted by atomic mass is 9.83. The monoisotopic (exact) mass is 266 g/mol. The predicted molar refractivity (Wildman–Crippen MR) is 63.1 cm³/mol. The number of amides is 1. The molecule has 0 spiro atoms. The number of carbonyl (C=O) groups is 1. The number of nitrogens with one attached hydrogen (secondary N) is 1.